The summed E-state index contributed by atoms with van der Waals surface area (Å²) in [6.45, 7) is 1.93. The highest BCUT2D eigenvalue weighted by molar-refractivity contribution is 7.79. The molecule has 0 unspecified atom stereocenters. The maximum absolute atomic E-state index is 10.6. The van der Waals surface area contributed by atoms with Gasteiger partial charge in [0.2, 0.25) is 0 Å². The van der Waals surface area contributed by atoms with Gasteiger partial charge >= 0.3 is 5.97 Å². The van der Waals surface area contributed by atoms with Crippen molar-refractivity contribution in [3.63, 3.8) is 0 Å². The summed E-state index contributed by atoms with van der Waals surface area (Å²) < 4.78 is 0.499. The molecule has 5 heteroatoms. The lowest BCUT2D eigenvalue weighted by Gasteiger charge is -1.90. The van der Waals surface area contributed by atoms with Crippen molar-refractivity contribution in [1.82, 2.24) is 0 Å². The first kappa shape index (κ1) is 8.83. The van der Waals surface area contributed by atoms with E-state index in [9.17, 15) is 4.79 Å². The minimum absolute atomic E-state index is 0.331. The van der Waals surface area contributed by atoms with E-state index in [1.54, 1.807) is 0 Å². The summed E-state index contributed by atoms with van der Waals surface area (Å²) in [5.41, 5.74) is 0.331. The fraction of sp³-hybridized carbons (Fsp3) is 0.333. The van der Waals surface area contributed by atoms with Crippen LogP contribution in [0.4, 0.5) is 0 Å². The number of aromatic carboxylic acids is 1. The van der Waals surface area contributed by atoms with Crippen molar-refractivity contribution in [2.45, 2.75) is 13.3 Å². The van der Waals surface area contributed by atoms with Crippen LogP contribution < -0.4 is 0 Å². The molecule has 2 nitrogen and oxygen atoms in total. The molecule has 1 N–H and O–H groups in total. The Balaban J connectivity index is 3.29. The third-order valence-electron chi connectivity index (χ3n) is 1.24. The van der Waals surface area contributed by atoms with Crippen LogP contribution in [0.15, 0.2) is 0 Å². The zero-order valence-electron chi connectivity index (χ0n) is 5.79. The molecule has 0 amide bonds. The van der Waals surface area contributed by atoms with Crippen LogP contribution in [0.25, 0.3) is 0 Å². The zero-order chi connectivity index (χ0) is 8.43. The van der Waals surface area contributed by atoms with Crippen LogP contribution >= 0.6 is 32.9 Å². The molecule has 1 rings (SSSR count). The summed E-state index contributed by atoms with van der Waals surface area (Å²) in [4.78, 5) is 11.5. The van der Waals surface area contributed by atoms with Gasteiger partial charge in [0.1, 0.15) is 9.39 Å². The predicted molar refractivity (Wildman–Crippen MR) is 49.4 cm³/mol. The number of carboxylic acid groups (broad SMARTS) is 1. The highest BCUT2D eigenvalue weighted by Gasteiger charge is 2.13. The van der Waals surface area contributed by atoms with E-state index in [0.717, 1.165) is 11.3 Å². The van der Waals surface area contributed by atoms with Crippen LogP contribution in [0, 0.1) is 3.82 Å². The van der Waals surface area contributed by atoms with Gasteiger partial charge in [-0.2, -0.15) is 0 Å². The summed E-state index contributed by atoms with van der Waals surface area (Å²) in [6.07, 6.45) is 0.749. The SMILES string of the molecule is CCc1ssc(=S)c1C(=O)O. The normalized spacial score (nSPS) is 9.91. The third kappa shape index (κ3) is 1.66. The predicted octanol–water partition coefficient (Wildman–Crippen LogP) is 2.80. The lowest BCUT2D eigenvalue weighted by Crippen LogP contribution is -1.97. The number of rotatable bonds is 2. The van der Waals surface area contributed by atoms with Crippen LogP contribution in [-0.4, -0.2) is 11.1 Å². The van der Waals surface area contributed by atoms with E-state index >= 15 is 0 Å². The molecule has 0 atom stereocenters. The Hall–Kier alpha value is -0.260. The Morgan fingerprint density at radius 2 is 2.27 bits per heavy atom. The Morgan fingerprint density at radius 3 is 2.64 bits per heavy atom. The number of carbonyl (C=O) groups is 1. The Bertz CT molecular complexity index is 323. The van der Waals surface area contributed by atoms with Gasteiger partial charge < -0.3 is 5.11 Å². The quantitative estimate of drug-likeness (QED) is 0.597. The highest BCUT2D eigenvalue weighted by Crippen LogP contribution is 2.24. The Kier molecular flexibility index (Phi) is 2.75. The van der Waals surface area contributed by atoms with Crippen molar-refractivity contribution in [2.24, 2.45) is 0 Å². The van der Waals surface area contributed by atoms with Gasteiger partial charge in [0.25, 0.3) is 0 Å². The van der Waals surface area contributed by atoms with Crippen molar-refractivity contribution in [2.75, 3.05) is 0 Å². The minimum Gasteiger partial charge on any atom is -0.478 e. The fourth-order valence-electron chi connectivity index (χ4n) is 0.728. The molecule has 0 saturated heterocycles. The Labute approximate surface area is 76.5 Å². The summed E-state index contributed by atoms with van der Waals surface area (Å²) in [5.74, 6) is -0.899. The van der Waals surface area contributed by atoms with E-state index in [1.807, 2.05) is 6.92 Å². The lowest BCUT2D eigenvalue weighted by atomic mass is 10.2. The first-order valence-corrected chi connectivity index (χ1v) is 5.58. The van der Waals surface area contributed by atoms with E-state index in [1.165, 1.54) is 20.7 Å². The number of hydrogen-bond donors (Lipinski definition) is 1. The number of hydrogen-bond acceptors (Lipinski definition) is 4. The summed E-state index contributed by atoms with van der Waals surface area (Å²) in [5, 5.41) is 8.71. The average molecular weight is 206 g/mol. The molecular formula is C6H6O2S3. The molecule has 11 heavy (non-hydrogen) atoms. The van der Waals surface area contributed by atoms with Gasteiger partial charge in [0.05, 0.1) is 0 Å². The average Bonchev–Trinajstić information content (AvgIpc) is 2.30. The molecule has 0 saturated carbocycles. The van der Waals surface area contributed by atoms with Crippen LogP contribution in [0.2, 0.25) is 0 Å². The largest absolute Gasteiger partial charge is 0.478 e. The molecule has 0 aliphatic rings. The molecule has 0 bridgehead atoms. The van der Waals surface area contributed by atoms with Crippen molar-refractivity contribution in [1.29, 1.82) is 0 Å². The first-order chi connectivity index (χ1) is 5.16. The lowest BCUT2D eigenvalue weighted by molar-refractivity contribution is 0.0696. The smallest absolute Gasteiger partial charge is 0.339 e. The third-order valence-corrected chi connectivity index (χ3v) is 4.49. The maximum Gasteiger partial charge on any atom is 0.339 e. The van der Waals surface area contributed by atoms with Crippen molar-refractivity contribution < 1.29 is 9.90 Å². The molecule has 1 aromatic rings. The molecule has 60 valence electrons. The van der Waals surface area contributed by atoms with Gasteiger partial charge in [-0.25, -0.2) is 4.79 Å². The monoisotopic (exact) mass is 206 g/mol. The molecule has 0 radical (unpaired) electrons. The second kappa shape index (κ2) is 3.42. The van der Waals surface area contributed by atoms with Gasteiger partial charge in [-0.3, -0.25) is 0 Å². The second-order valence-corrected chi connectivity index (χ2v) is 4.81. The molecule has 0 aliphatic carbocycles. The van der Waals surface area contributed by atoms with Gasteiger partial charge in [-0.05, 0) is 6.42 Å². The fourth-order valence-corrected chi connectivity index (χ4v) is 3.62. The topological polar surface area (TPSA) is 37.3 Å². The molecular weight excluding hydrogens is 200 g/mol. The van der Waals surface area contributed by atoms with E-state index in [2.05, 4.69) is 0 Å². The molecule has 0 aromatic carbocycles. The standard InChI is InChI=1S/C6H6O2S3/c1-2-3-4(5(7)8)6(9)11-10-3/h2H2,1H3,(H,7,8). The van der Waals surface area contributed by atoms with Crippen molar-refractivity contribution in [3.8, 4) is 0 Å². The van der Waals surface area contributed by atoms with Crippen LogP contribution in [0.5, 0.6) is 0 Å². The number of carboxylic acids is 1. The van der Waals surface area contributed by atoms with Crippen LogP contribution in [0.3, 0.4) is 0 Å². The number of aryl methyl sites for hydroxylation is 1. The van der Waals surface area contributed by atoms with Gasteiger partial charge in [-0.15, -0.1) is 0 Å². The van der Waals surface area contributed by atoms with Crippen molar-refractivity contribution >= 4 is 38.9 Å². The summed E-state index contributed by atoms with van der Waals surface area (Å²) in [6, 6.07) is 0. The summed E-state index contributed by atoms with van der Waals surface area (Å²) in [7, 11) is 2.82. The zero-order valence-corrected chi connectivity index (χ0v) is 8.24. The van der Waals surface area contributed by atoms with E-state index in [0.29, 0.717) is 9.39 Å². The van der Waals surface area contributed by atoms with Crippen molar-refractivity contribution in [3.05, 3.63) is 14.3 Å². The van der Waals surface area contributed by atoms with Gasteiger partial charge in [-0.1, -0.05) is 39.8 Å². The molecule has 0 aliphatic heterocycles. The minimum atomic E-state index is -0.899. The molecule has 1 aromatic heterocycles. The molecule has 1 heterocycles. The second-order valence-electron chi connectivity index (χ2n) is 1.91. The Morgan fingerprint density at radius 1 is 1.64 bits per heavy atom. The molecule has 0 spiro atoms. The van der Waals surface area contributed by atoms with E-state index in [4.69, 9.17) is 17.3 Å². The molecule has 0 fully saturated rings. The highest BCUT2D eigenvalue weighted by atomic mass is 32.9. The maximum atomic E-state index is 10.6. The first-order valence-electron chi connectivity index (χ1n) is 3.02. The van der Waals surface area contributed by atoms with Crippen LogP contribution in [-0.2, 0) is 6.42 Å². The van der Waals surface area contributed by atoms with Gasteiger partial charge in [0.15, 0.2) is 0 Å². The van der Waals surface area contributed by atoms with E-state index < -0.39 is 5.97 Å². The van der Waals surface area contributed by atoms with E-state index in [-0.39, 0.29) is 0 Å². The summed E-state index contributed by atoms with van der Waals surface area (Å²) >= 11 is 4.86. The van der Waals surface area contributed by atoms with Gasteiger partial charge in [0, 0.05) is 4.88 Å². The van der Waals surface area contributed by atoms with Crippen LogP contribution in [0.1, 0.15) is 22.2 Å².